The average Bonchev–Trinajstić information content (AvgIpc) is 3.11. The van der Waals surface area contributed by atoms with E-state index in [1.807, 2.05) is 30.3 Å². The lowest BCUT2D eigenvalue weighted by atomic mass is 10.1. The average molecular weight is 413 g/mol. The number of aromatic nitrogens is 1. The molecule has 0 saturated carbocycles. The van der Waals surface area contributed by atoms with Gasteiger partial charge in [-0.3, -0.25) is 14.5 Å². The minimum absolute atomic E-state index is 0.0866. The highest BCUT2D eigenvalue weighted by molar-refractivity contribution is 7.15. The van der Waals surface area contributed by atoms with Gasteiger partial charge in [0.25, 0.3) is 5.91 Å². The summed E-state index contributed by atoms with van der Waals surface area (Å²) in [6.07, 6.45) is 5.97. The Kier molecular flexibility index (Phi) is 5.89. The van der Waals surface area contributed by atoms with Crippen molar-refractivity contribution in [2.75, 3.05) is 11.9 Å². The van der Waals surface area contributed by atoms with E-state index in [2.05, 4.69) is 15.6 Å². The monoisotopic (exact) mass is 412 g/mol. The Labute approximate surface area is 173 Å². The molecule has 1 saturated heterocycles. The Morgan fingerprint density at radius 3 is 2.79 bits per heavy atom. The molecule has 4 amide bonds. The van der Waals surface area contributed by atoms with Gasteiger partial charge in [-0.05, 0) is 37.7 Å². The predicted octanol–water partition coefficient (Wildman–Crippen LogP) is 2.90. The second-order valence-corrected chi connectivity index (χ2v) is 8.51. The van der Waals surface area contributed by atoms with E-state index in [0.717, 1.165) is 36.9 Å². The highest BCUT2D eigenvalue weighted by atomic mass is 32.1. The fraction of sp³-hybridized carbons (Fsp3) is 0.429. The van der Waals surface area contributed by atoms with Gasteiger partial charge in [0.2, 0.25) is 5.91 Å². The number of imide groups is 1. The fourth-order valence-electron chi connectivity index (χ4n) is 3.75. The smallest absolute Gasteiger partial charge is 0.324 e. The van der Waals surface area contributed by atoms with Crippen LogP contribution < -0.4 is 10.6 Å². The molecule has 1 fully saturated rings. The number of hydrogen-bond donors (Lipinski definition) is 2. The molecule has 0 radical (unpaired) electrons. The number of nitrogens with zero attached hydrogens (tertiary/aromatic N) is 2. The van der Waals surface area contributed by atoms with Gasteiger partial charge >= 0.3 is 6.03 Å². The first-order valence-corrected chi connectivity index (χ1v) is 10.9. The van der Waals surface area contributed by atoms with Crippen LogP contribution in [-0.4, -0.2) is 40.3 Å². The largest absolute Gasteiger partial charge is 0.325 e. The lowest BCUT2D eigenvalue weighted by Gasteiger charge is -2.12. The van der Waals surface area contributed by atoms with Crippen LogP contribution in [0.25, 0.3) is 0 Å². The van der Waals surface area contributed by atoms with E-state index in [9.17, 15) is 14.4 Å². The van der Waals surface area contributed by atoms with E-state index in [1.54, 1.807) is 0 Å². The molecule has 0 spiro atoms. The number of hydrogen-bond acceptors (Lipinski definition) is 5. The fourth-order valence-corrected chi connectivity index (χ4v) is 4.82. The minimum atomic E-state index is -0.823. The zero-order valence-electron chi connectivity index (χ0n) is 16.1. The van der Waals surface area contributed by atoms with E-state index >= 15 is 0 Å². The Hall–Kier alpha value is -2.74. The van der Waals surface area contributed by atoms with E-state index in [-0.39, 0.29) is 18.2 Å². The van der Waals surface area contributed by atoms with Crippen molar-refractivity contribution < 1.29 is 14.4 Å². The molecule has 1 aromatic carbocycles. The van der Waals surface area contributed by atoms with Gasteiger partial charge in [0.15, 0.2) is 5.13 Å². The Morgan fingerprint density at radius 1 is 1.17 bits per heavy atom. The maximum Gasteiger partial charge on any atom is 0.324 e. The summed E-state index contributed by atoms with van der Waals surface area (Å²) < 4.78 is 0. The second-order valence-electron chi connectivity index (χ2n) is 7.43. The van der Waals surface area contributed by atoms with Crippen LogP contribution in [0, 0.1) is 0 Å². The molecule has 29 heavy (non-hydrogen) atoms. The van der Waals surface area contributed by atoms with Crippen molar-refractivity contribution in [2.45, 2.75) is 51.0 Å². The summed E-state index contributed by atoms with van der Waals surface area (Å²) in [4.78, 5) is 44.1. The molecule has 2 aliphatic rings. The summed E-state index contributed by atoms with van der Waals surface area (Å²) >= 11 is 1.52. The first-order valence-electron chi connectivity index (χ1n) is 10.0. The third-order valence-electron chi connectivity index (χ3n) is 5.31. The molecule has 8 heteroatoms. The normalized spacial score (nSPS) is 18.9. The summed E-state index contributed by atoms with van der Waals surface area (Å²) in [5.74, 6) is -0.659. The van der Waals surface area contributed by atoms with E-state index < -0.39 is 12.1 Å². The Morgan fingerprint density at radius 2 is 1.97 bits per heavy atom. The molecule has 2 N–H and O–H groups in total. The maximum atomic E-state index is 12.6. The van der Waals surface area contributed by atoms with Gasteiger partial charge in [0, 0.05) is 11.4 Å². The summed E-state index contributed by atoms with van der Waals surface area (Å²) in [7, 11) is 0. The van der Waals surface area contributed by atoms with Crippen molar-refractivity contribution >= 4 is 34.3 Å². The number of anilines is 1. The van der Waals surface area contributed by atoms with E-state index in [0.29, 0.717) is 18.1 Å². The van der Waals surface area contributed by atoms with Gasteiger partial charge in [-0.2, -0.15) is 0 Å². The molecule has 0 unspecified atom stereocenters. The first-order chi connectivity index (χ1) is 14.1. The summed E-state index contributed by atoms with van der Waals surface area (Å²) in [6.45, 7) is 0.298. The van der Waals surface area contributed by atoms with Crippen LogP contribution in [0.5, 0.6) is 0 Å². The highest BCUT2D eigenvalue weighted by Crippen LogP contribution is 2.29. The van der Waals surface area contributed by atoms with Crippen LogP contribution in [0.15, 0.2) is 30.3 Å². The van der Waals surface area contributed by atoms with Crippen LogP contribution >= 0.6 is 11.3 Å². The summed E-state index contributed by atoms with van der Waals surface area (Å²) in [5.41, 5.74) is 2.14. The molecule has 1 aromatic heterocycles. The van der Waals surface area contributed by atoms with E-state index in [4.69, 9.17) is 0 Å². The van der Waals surface area contributed by atoms with Gasteiger partial charge < -0.3 is 10.6 Å². The Balaban J connectivity index is 1.31. The summed E-state index contributed by atoms with van der Waals surface area (Å²) in [6, 6.07) is 8.42. The Bertz CT molecular complexity index is 888. The van der Waals surface area contributed by atoms with Crippen molar-refractivity contribution in [3.63, 3.8) is 0 Å². The zero-order chi connectivity index (χ0) is 20.2. The molecule has 2 heterocycles. The molecule has 4 rings (SSSR count). The van der Waals surface area contributed by atoms with E-state index in [1.165, 1.54) is 27.5 Å². The first kappa shape index (κ1) is 19.6. The summed E-state index contributed by atoms with van der Waals surface area (Å²) in [5, 5.41) is 6.01. The second kappa shape index (κ2) is 8.73. The van der Waals surface area contributed by atoms with Gasteiger partial charge in [-0.1, -0.05) is 36.8 Å². The van der Waals surface area contributed by atoms with Gasteiger partial charge in [-0.15, -0.1) is 11.3 Å². The lowest BCUT2D eigenvalue weighted by molar-refractivity contribution is -0.129. The number of aryl methyl sites for hydroxylation is 2. The molecule has 7 nitrogen and oxygen atoms in total. The third-order valence-corrected chi connectivity index (χ3v) is 6.38. The van der Waals surface area contributed by atoms with Crippen molar-refractivity contribution in [1.82, 2.24) is 15.2 Å². The topological polar surface area (TPSA) is 91.4 Å². The number of nitrogens with one attached hydrogen (secondary N) is 2. The van der Waals surface area contributed by atoms with Crippen LogP contribution in [-0.2, 0) is 28.9 Å². The predicted molar refractivity (Wildman–Crippen MR) is 111 cm³/mol. The highest BCUT2D eigenvalue weighted by Gasteiger charge is 2.38. The van der Waals surface area contributed by atoms with Crippen LogP contribution in [0.3, 0.4) is 0 Å². The zero-order valence-corrected chi connectivity index (χ0v) is 17.0. The number of rotatable bonds is 6. The molecular formula is C21H24N4O3S. The number of carbonyl (C=O) groups is 3. The number of thiazole rings is 1. The number of amides is 4. The molecule has 1 aliphatic carbocycles. The van der Waals surface area contributed by atoms with Crippen LogP contribution in [0.1, 0.15) is 41.8 Å². The minimum Gasteiger partial charge on any atom is -0.325 e. The number of fused-ring (bicyclic) bond motifs is 1. The van der Waals surface area contributed by atoms with Crippen molar-refractivity contribution in [3.8, 4) is 0 Å². The molecule has 2 aromatic rings. The van der Waals surface area contributed by atoms with Crippen molar-refractivity contribution in [3.05, 3.63) is 46.5 Å². The number of urea groups is 1. The third kappa shape index (κ3) is 4.64. The van der Waals surface area contributed by atoms with Crippen molar-refractivity contribution in [2.24, 2.45) is 0 Å². The quantitative estimate of drug-likeness (QED) is 0.564. The van der Waals surface area contributed by atoms with Gasteiger partial charge in [-0.25, -0.2) is 9.78 Å². The van der Waals surface area contributed by atoms with Crippen LogP contribution in [0.2, 0.25) is 0 Å². The van der Waals surface area contributed by atoms with Gasteiger partial charge in [0.1, 0.15) is 6.04 Å². The van der Waals surface area contributed by atoms with Crippen molar-refractivity contribution in [1.29, 1.82) is 0 Å². The van der Waals surface area contributed by atoms with Gasteiger partial charge in [0.05, 0.1) is 12.1 Å². The molecule has 152 valence electrons. The molecular weight excluding hydrogens is 388 g/mol. The number of carbonyl (C=O) groups excluding carboxylic acids is 3. The standard InChI is InChI=1S/C21H24N4O3S/c26-18(24-20-22-15-9-5-2-6-10-17(15)29-20)13-16-19(27)25(21(28)23-16)12-11-14-7-3-1-4-8-14/h1,3-4,7-8,16H,2,5-6,9-13H2,(H,23,28)(H,22,24,26)/t16-/m0/s1. The molecule has 1 atom stereocenters. The molecule has 1 aliphatic heterocycles. The lowest BCUT2D eigenvalue weighted by Crippen LogP contribution is -2.34. The number of benzene rings is 1. The SMILES string of the molecule is O=C(C[C@@H]1NC(=O)N(CCc2ccccc2)C1=O)Nc1nc2c(s1)CCCCC2. The maximum absolute atomic E-state index is 12.6. The molecule has 0 bridgehead atoms. The van der Waals surface area contributed by atoms with Crippen LogP contribution in [0.4, 0.5) is 9.93 Å².